The summed E-state index contributed by atoms with van der Waals surface area (Å²) in [6, 6.07) is 5.29. The van der Waals surface area contributed by atoms with Gasteiger partial charge in [-0.2, -0.15) is 0 Å². The summed E-state index contributed by atoms with van der Waals surface area (Å²) in [7, 11) is 0. The smallest absolute Gasteiger partial charge is 0.120 e. The minimum atomic E-state index is -0.155. The van der Waals surface area contributed by atoms with Crippen LogP contribution in [0.5, 0.6) is 5.75 Å². The van der Waals surface area contributed by atoms with E-state index in [9.17, 15) is 5.11 Å². The summed E-state index contributed by atoms with van der Waals surface area (Å²) in [6.45, 7) is 5.59. The van der Waals surface area contributed by atoms with Gasteiger partial charge >= 0.3 is 0 Å². The van der Waals surface area contributed by atoms with Crippen molar-refractivity contribution in [3.63, 3.8) is 0 Å². The molecule has 0 aliphatic rings. The Labute approximate surface area is 78.7 Å². The van der Waals surface area contributed by atoms with Crippen molar-refractivity contribution in [1.29, 1.82) is 0 Å². The SMILES string of the molecule is C=CCC(N)c1cc(C)ccc1O. The fourth-order valence-corrected chi connectivity index (χ4v) is 1.28. The lowest BCUT2D eigenvalue weighted by Gasteiger charge is -2.11. The number of benzene rings is 1. The third-order valence-corrected chi connectivity index (χ3v) is 2.00. The lowest BCUT2D eigenvalue weighted by molar-refractivity contribution is 0.461. The molecule has 0 bridgehead atoms. The zero-order valence-electron chi connectivity index (χ0n) is 7.83. The maximum Gasteiger partial charge on any atom is 0.120 e. The van der Waals surface area contributed by atoms with Crippen LogP contribution in [0.4, 0.5) is 0 Å². The highest BCUT2D eigenvalue weighted by Crippen LogP contribution is 2.25. The Bertz CT molecular complexity index is 307. The minimum Gasteiger partial charge on any atom is -0.508 e. The highest BCUT2D eigenvalue weighted by atomic mass is 16.3. The molecular weight excluding hydrogens is 162 g/mol. The molecule has 1 unspecified atom stereocenters. The Morgan fingerprint density at radius 2 is 2.31 bits per heavy atom. The first-order valence-electron chi connectivity index (χ1n) is 4.31. The van der Waals surface area contributed by atoms with Crippen molar-refractivity contribution in [2.24, 2.45) is 5.73 Å². The molecule has 0 aromatic heterocycles. The molecule has 2 nitrogen and oxygen atoms in total. The lowest BCUT2D eigenvalue weighted by Crippen LogP contribution is -2.09. The summed E-state index contributed by atoms with van der Waals surface area (Å²) in [4.78, 5) is 0. The van der Waals surface area contributed by atoms with Crippen molar-refractivity contribution in [2.75, 3.05) is 0 Å². The number of aromatic hydroxyl groups is 1. The summed E-state index contributed by atoms with van der Waals surface area (Å²) < 4.78 is 0. The zero-order chi connectivity index (χ0) is 9.84. The van der Waals surface area contributed by atoms with Crippen molar-refractivity contribution in [2.45, 2.75) is 19.4 Å². The van der Waals surface area contributed by atoms with Crippen LogP contribution >= 0.6 is 0 Å². The van der Waals surface area contributed by atoms with E-state index in [0.29, 0.717) is 6.42 Å². The van der Waals surface area contributed by atoms with Gasteiger partial charge in [0.05, 0.1) is 0 Å². The quantitative estimate of drug-likeness (QED) is 0.696. The molecule has 0 heterocycles. The number of phenols is 1. The summed E-state index contributed by atoms with van der Waals surface area (Å²) in [5.74, 6) is 0.264. The van der Waals surface area contributed by atoms with Crippen LogP contribution in [0, 0.1) is 6.92 Å². The van der Waals surface area contributed by atoms with Gasteiger partial charge in [-0.25, -0.2) is 0 Å². The van der Waals surface area contributed by atoms with Crippen LogP contribution in [-0.2, 0) is 0 Å². The molecule has 1 atom stereocenters. The molecule has 70 valence electrons. The highest BCUT2D eigenvalue weighted by molar-refractivity contribution is 5.38. The van der Waals surface area contributed by atoms with E-state index in [2.05, 4.69) is 6.58 Å². The van der Waals surface area contributed by atoms with Gasteiger partial charge in [0.15, 0.2) is 0 Å². The predicted molar refractivity (Wildman–Crippen MR) is 54.6 cm³/mol. The number of aryl methyl sites for hydroxylation is 1. The van der Waals surface area contributed by atoms with Crippen molar-refractivity contribution >= 4 is 0 Å². The van der Waals surface area contributed by atoms with Gasteiger partial charge in [-0.15, -0.1) is 6.58 Å². The summed E-state index contributed by atoms with van der Waals surface area (Å²) in [5.41, 5.74) is 7.74. The van der Waals surface area contributed by atoms with Gasteiger partial charge < -0.3 is 10.8 Å². The van der Waals surface area contributed by atoms with Gasteiger partial charge in [0, 0.05) is 11.6 Å². The number of hydrogen-bond acceptors (Lipinski definition) is 2. The molecule has 0 aliphatic heterocycles. The topological polar surface area (TPSA) is 46.2 Å². The van der Waals surface area contributed by atoms with Crippen LogP contribution in [0.25, 0.3) is 0 Å². The number of nitrogens with two attached hydrogens (primary N) is 1. The number of rotatable bonds is 3. The van der Waals surface area contributed by atoms with E-state index in [1.807, 2.05) is 19.1 Å². The summed E-state index contributed by atoms with van der Waals surface area (Å²) in [6.07, 6.45) is 2.43. The monoisotopic (exact) mass is 177 g/mol. The predicted octanol–water partition coefficient (Wildman–Crippen LogP) is 2.28. The molecule has 0 saturated heterocycles. The van der Waals surface area contributed by atoms with E-state index in [4.69, 9.17) is 5.73 Å². The Kier molecular flexibility index (Phi) is 3.09. The molecule has 3 N–H and O–H groups in total. The van der Waals surface area contributed by atoms with Crippen LogP contribution in [0.2, 0.25) is 0 Å². The molecule has 0 radical (unpaired) electrons. The van der Waals surface area contributed by atoms with Crippen LogP contribution in [-0.4, -0.2) is 5.11 Å². The maximum atomic E-state index is 9.52. The van der Waals surface area contributed by atoms with E-state index in [1.165, 1.54) is 0 Å². The average Bonchev–Trinajstić information content (AvgIpc) is 2.09. The van der Waals surface area contributed by atoms with Crippen molar-refractivity contribution in [3.8, 4) is 5.75 Å². The Balaban J connectivity index is 2.97. The molecule has 1 aromatic rings. The third-order valence-electron chi connectivity index (χ3n) is 2.00. The van der Waals surface area contributed by atoms with Gasteiger partial charge in [0.25, 0.3) is 0 Å². The maximum absolute atomic E-state index is 9.52. The molecule has 13 heavy (non-hydrogen) atoms. The van der Waals surface area contributed by atoms with Crippen LogP contribution in [0.1, 0.15) is 23.6 Å². The van der Waals surface area contributed by atoms with E-state index in [1.54, 1.807) is 12.1 Å². The second kappa shape index (κ2) is 4.10. The molecule has 2 heteroatoms. The van der Waals surface area contributed by atoms with Crippen LogP contribution in [0.3, 0.4) is 0 Å². The molecule has 0 fully saturated rings. The average molecular weight is 177 g/mol. The number of hydrogen-bond donors (Lipinski definition) is 2. The Morgan fingerprint density at radius 1 is 1.62 bits per heavy atom. The van der Waals surface area contributed by atoms with E-state index in [-0.39, 0.29) is 11.8 Å². The standard InChI is InChI=1S/C11H15NO/c1-3-4-10(12)9-7-8(2)5-6-11(9)13/h3,5-7,10,13H,1,4,12H2,2H3. The lowest BCUT2D eigenvalue weighted by atomic mass is 10.0. The molecule has 1 rings (SSSR count). The molecule has 0 saturated carbocycles. The van der Waals surface area contributed by atoms with E-state index >= 15 is 0 Å². The van der Waals surface area contributed by atoms with Gasteiger partial charge in [0.1, 0.15) is 5.75 Å². The molecule has 0 amide bonds. The van der Waals surface area contributed by atoms with Crippen LogP contribution in [0.15, 0.2) is 30.9 Å². The second-order valence-corrected chi connectivity index (χ2v) is 3.19. The molecule has 0 spiro atoms. The van der Waals surface area contributed by atoms with Crippen LogP contribution < -0.4 is 5.73 Å². The first-order chi connectivity index (χ1) is 6.15. The third kappa shape index (κ3) is 2.33. The highest BCUT2D eigenvalue weighted by Gasteiger charge is 2.08. The van der Waals surface area contributed by atoms with Crippen molar-refractivity contribution < 1.29 is 5.11 Å². The number of phenolic OH excluding ortho intramolecular Hbond substituents is 1. The van der Waals surface area contributed by atoms with Gasteiger partial charge in [-0.1, -0.05) is 23.8 Å². The Hall–Kier alpha value is -1.28. The largest absolute Gasteiger partial charge is 0.508 e. The van der Waals surface area contributed by atoms with Gasteiger partial charge in [0.2, 0.25) is 0 Å². The minimum absolute atomic E-state index is 0.155. The molecule has 1 aromatic carbocycles. The second-order valence-electron chi connectivity index (χ2n) is 3.19. The van der Waals surface area contributed by atoms with Crippen molar-refractivity contribution in [3.05, 3.63) is 42.0 Å². The molecule has 0 aliphatic carbocycles. The normalized spacial score (nSPS) is 12.5. The molecular formula is C11H15NO. The fourth-order valence-electron chi connectivity index (χ4n) is 1.28. The fraction of sp³-hybridized carbons (Fsp3) is 0.273. The van der Waals surface area contributed by atoms with Gasteiger partial charge in [-0.05, 0) is 19.4 Å². The van der Waals surface area contributed by atoms with E-state index < -0.39 is 0 Å². The Morgan fingerprint density at radius 3 is 2.92 bits per heavy atom. The zero-order valence-corrected chi connectivity index (χ0v) is 7.83. The van der Waals surface area contributed by atoms with Crippen molar-refractivity contribution in [1.82, 2.24) is 0 Å². The first-order valence-corrected chi connectivity index (χ1v) is 4.31. The summed E-state index contributed by atoms with van der Waals surface area (Å²) >= 11 is 0. The van der Waals surface area contributed by atoms with Gasteiger partial charge in [-0.3, -0.25) is 0 Å². The summed E-state index contributed by atoms with van der Waals surface area (Å²) in [5, 5.41) is 9.52. The first kappa shape index (κ1) is 9.81. The van der Waals surface area contributed by atoms with E-state index in [0.717, 1.165) is 11.1 Å².